The summed E-state index contributed by atoms with van der Waals surface area (Å²) in [5.74, 6) is 0.794. The van der Waals surface area contributed by atoms with Gasteiger partial charge in [-0.15, -0.1) is 0 Å². The van der Waals surface area contributed by atoms with Crippen LogP contribution in [-0.2, 0) is 6.42 Å². The summed E-state index contributed by atoms with van der Waals surface area (Å²) in [6.45, 7) is 1.48. The molecule has 30 heavy (non-hydrogen) atoms. The number of nitrogens with zero attached hydrogens (tertiary/aromatic N) is 2. The van der Waals surface area contributed by atoms with Crippen molar-refractivity contribution in [2.45, 2.75) is 13.3 Å². The first-order valence-corrected chi connectivity index (χ1v) is 9.86. The molecule has 0 atom stereocenters. The number of rotatable bonds is 7. The third-order valence-corrected chi connectivity index (χ3v) is 5.16. The zero-order valence-corrected chi connectivity index (χ0v) is 16.7. The number of aromatic nitrogens is 3. The van der Waals surface area contributed by atoms with Gasteiger partial charge in [-0.25, -0.2) is 4.98 Å². The van der Waals surface area contributed by atoms with Gasteiger partial charge in [-0.2, -0.15) is 0 Å². The van der Waals surface area contributed by atoms with E-state index in [4.69, 9.17) is 9.15 Å². The zero-order valence-electron chi connectivity index (χ0n) is 15.9. The number of H-pyrrole nitrogens is 1. The van der Waals surface area contributed by atoms with Gasteiger partial charge < -0.3 is 14.3 Å². The van der Waals surface area contributed by atoms with Crippen LogP contribution in [0.25, 0.3) is 11.5 Å². The molecular formula is C21H17N3O5S. The minimum Gasteiger partial charge on any atom is -0.494 e. The molecule has 3 aromatic heterocycles. The Kier molecular flexibility index (Phi) is 5.44. The summed E-state index contributed by atoms with van der Waals surface area (Å²) in [4.78, 5) is 34.8. The van der Waals surface area contributed by atoms with Crippen molar-refractivity contribution in [2.75, 3.05) is 6.61 Å². The summed E-state index contributed by atoms with van der Waals surface area (Å²) in [6.07, 6.45) is 1.80. The predicted molar refractivity (Wildman–Crippen MR) is 110 cm³/mol. The minimum atomic E-state index is -0.320. The van der Waals surface area contributed by atoms with Crippen LogP contribution in [0, 0.1) is 6.92 Å². The largest absolute Gasteiger partial charge is 0.494 e. The highest BCUT2D eigenvalue weighted by Crippen LogP contribution is 2.23. The van der Waals surface area contributed by atoms with Gasteiger partial charge in [-0.3, -0.25) is 19.6 Å². The molecule has 0 amide bonds. The van der Waals surface area contributed by atoms with E-state index in [0.717, 1.165) is 16.9 Å². The average molecular weight is 423 g/mol. The van der Waals surface area contributed by atoms with Crippen LogP contribution in [0.3, 0.4) is 0 Å². The lowest BCUT2D eigenvalue weighted by Crippen LogP contribution is -2.13. The normalized spacial score (nSPS) is 10.8. The molecule has 0 spiro atoms. The van der Waals surface area contributed by atoms with Crippen molar-refractivity contribution in [3.8, 4) is 23.1 Å². The highest BCUT2D eigenvalue weighted by Gasteiger charge is 2.18. The smallest absolute Gasteiger partial charge is 0.307 e. The molecule has 0 bridgehead atoms. The van der Waals surface area contributed by atoms with Crippen LogP contribution in [0.1, 0.15) is 26.8 Å². The number of thiazole rings is 1. The van der Waals surface area contributed by atoms with Gasteiger partial charge >= 0.3 is 4.87 Å². The Bertz CT molecular complexity index is 1230. The van der Waals surface area contributed by atoms with Crippen molar-refractivity contribution >= 4 is 17.1 Å². The van der Waals surface area contributed by atoms with Gasteiger partial charge in [0.15, 0.2) is 12.3 Å². The third kappa shape index (κ3) is 4.31. The Morgan fingerprint density at radius 2 is 2.03 bits per heavy atom. The maximum absolute atomic E-state index is 12.5. The van der Waals surface area contributed by atoms with Gasteiger partial charge in [-0.1, -0.05) is 29.5 Å². The molecule has 4 rings (SSSR count). The number of ketones is 1. The Morgan fingerprint density at radius 1 is 1.23 bits per heavy atom. The fourth-order valence-corrected chi connectivity index (χ4v) is 3.55. The number of hydrogen-bond donors (Lipinski definition) is 2. The van der Waals surface area contributed by atoms with E-state index in [0.29, 0.717) is 34.4 Å². The standard InChI is InChI=1S/C21H17N3O5S/c1-12-18(23-20(29-12)13-5-3-2-4-6-13)16(25)11-28-15-8-7-14(22-10-15)9-17-19(26)24-21(27)30-17/h2-8,10,26H,9,11H2,1H3,(H,24,27). The summed E-state index contributed by atoms with van der Waals surface area (Å²) in [5, 5.41) is 9.65. The average Bonchev–Trinajstić information content (AvgIpc) is 3.29. The number of oxazole rings is 1. The first kappa shape index (κ1) is 19.6. The second kappa shape index (κ2) is 8.34. The molecule has 0 saturated carbocycles. The number of carbonyl (C=O) groups excluding carboxylic acids is 1. The van der Waals surface area contributed by atoms with E-state index < -0.39 is 0 Å². The van der Waals surface area contributed by atoms with E-state index in [1.807, 2.05) is 30.3 Å². The van der Waals surface area contributed by atoms with Crippen molar-refractivity contribution in [1.82, 2.24) is 15.0 Å². The van der Waals surface area contributed by atoms with Crippen LogP contribution in [0.2, 0.25) is 0 Å². The van der Waals surface area contributed by atoms with Gasteiger partial charge in [0, 0.05) is 17.7 Å². The highest BCUT2D eigenvalue weighted by atomic mass is 32.1. The molecule has 0 radical (unpaired) electrons. The van der Waals surface area contributed by atoms with E-state index in [1.54, 1.807) is 19.1 Å². The lowest BCUT2D eigenvalue weighted by Gasteiger charge is -2.05. The number of hydrogen-bond acceptors (Lipinski definition) is 8. The predicted octanol–water partition coefficient (Wildman–Crippen LogP) is 3.35. The molecule has 9 heteroatoms. The molecule has 0 fully saturated rings. The Balaban J connectivity index is 1.39. The third-order valence-electron chi connectivity index (χ3n) is 4.29. The van der Waals surface area contributed by atoms with Crippen LogP contribution in [0.5, 0.6) is 11.6 Å². The number of nitrogens with one attached hydrogen (secondary N) is 1. The quantitative estimate of drug-likeness (QED) is 0.438. The first-order valence-electron chi connectivity index (χ1n) is 9.04. The van der Waals surface area contributed by atoms with Crippen LogP contribution >= 0.6 is 11.3 Å². The SMILES string of the molecule is Cc1oc(-c2ccccc2)nc1C(=O)COc1ccc(Cc2sc(=O)[nH]c2O)nc1. The van der Waals surface area contributed by atoms with Crippen molar-refractivity contribution in [2.24, 2.45) is 0 Å². The summed E-state index contributed by atoms with van der Waals surface area (Å²) in [5.41, 5.74) is 1.68. The van der Waals surface area contributed by atoms with Crippen molar-refractivity contribution in [1.29, 1.82) is 0 Å². The molecule has 0 aliphatic rings. The Labute approximate surface area is 174 Å². The molecule has 152 valence electrons. The lowest BCUT2D eigenvalue weighted by molar-refractivity contribution is 0.0915. The summed E-state index contributed by atoms with van der Waals surface area (Å²) < 4.78 is 11.1. The highest BCUT2D eigenvalue weighted by molar-refractivity contribution is 7.09. The minimum absolute atomic E-state index is 0.143. The maximum atomic E-state index is 12.5. The number of ether oxygens (including phenoxy) is 1. The number of carbonyl (C=O) groups is 1. The van der Waals surface area contributed by atoms with E-state index in [-0.39, 0.29) is 28.8 Å². The Morgan fingerprint density at radius 3 is 2.70 bits per heavy atom. The molecule has 0 unspecified atom stereocenters. The van der Waals surface area contributed by atoms with Gasteiger partial charge in [0.2, 0.25) is 17.6 Å². The number of benzene rings is 1. The van der Waals surface area contributed by atoms with Gasteiger partial charge in [-0.05, 0) is 31.2 Å². The van der Waals surface area contributed by atoms with Crippen LogP contribution in [0.4, 0.5) is 0 Å². The number of Topliss-reactive ketones (excluding diaryl/α,β-unsaturated/α-hetero) is 1. The van der Waals surface area contributed by atoms with Crippen LogP contribution < -0.4 is 9.61 Å². The fraction of sp³-hybridized carbons (Fsp3) is 0.143. The maximum Gasteiger partial charge on any atom is 0.307 e. The van der Waals surface area contributed by atoms with E-state index in [2.05, 4.69) is 15.0 Å². The molecule has 0 aliphatic heterocycles. The van der Waals surface area contributed by atoms with Crippen LogP contribution in [0.15, 0.2) is 57.9 Å². The summed E-state index contributed by atoms with van der Waals surface area (Å²) in [7, 11) is 0. The second-order valence-electron chi connectivity index (χ2n) is 6.45. The monoisotopic (exact) mass is 423 g/mol. The molecular weight excluding hydrogens is 406 g/mol. The number of aromatic amines is 1. The number of aromatic hydroxyl groups is 1. The Hall–Kier alpha value is -3.72. The van der Waals surface area contributed by atoms with Gasteiger partial charge in [0.1, 0.15) is 11.5 Å². The van der Waals surface area contributed by atoms with E-state index >= 15 is 0 Å². The van der Waals surface area contributed by atoms with Crippen molar-refractivity contribution < 1.29 is 19.1 Å². The number of pyridine rings is 1. The van der Waals surface area contributed by atoms with Crippen molar-refractivity contribution in [3.63, 3.8) is 0 Å². The van der Waals surface area contributed by atoms with E-state index in [9.17, 15) is 14.7 Å². The van der Waals surface area contributed by atoms with E-state index in [1.165, 1.54) is 6.20 Å². The topological polar surface area (TPSA) is 118 Å². The summed E-state index contributed by atoms with van der Waals surface area (Å²) >= 11 is 0.934. The van der Waals surface area contributed by atoms with Crippen LogP contribution in [-0.4, -0.2) is 32.4 Å². The molecule has 0 saturated heterocycles. The second-order valence-corrected chi connectivity index (χ2v) is 7.52. The summed E-state index contributed by atoms with van der Waals surface area (Å²) in [6, 6.07) is 12.7. The lowest BCUT2D eigenvalue weighted by atomic mass is 10.2. The molecule has 8 nitrogen and oxygen atoms in total. The van der Waals surface area contributed by atoms with Gasteiger partial charge in [0.05, 0.1) is 11.1 Å². The molecule has 3 heterocycles. The number of aryl methyl sites for hydroxylation is 1. The van der Waals surface area contributed by atoms with Gasteiger partial charge in [0.25, 0.3) is 0 Å². The van der Waals surface area contributed by atoms with Crippen molar-refractivity contribution in [3.05, 3.63) is 80.4 Å². The molecule has 0 aliphatic carbocycles. The zero-order chi connectivity index (χ0) is 21.1. The fourth-order valence-electron chi connectivity index (χ4n) is 2.81. The molecule has 2 N–H and O–H groups in total. The first-order chi connectivity index (χ1) is 14.5. The molecule has 1 aromatic carbocycles. The molecule has 4 aromatic rings.